The number of epoxide rings is 1. The molecule has 0 aliphatic carbocycles. The standard InChI is InChI=1S/C21H25N5O3/c1-11-7-13(8-12(2)17(11)27)10-23-20-16(18-19(22)29-18)21(26-25-20)24-14-5-4-6-15(9-14)28-3/h4-9,18-19,27H,10,22H2,1-3H3,(H3,23,24,25,26). The average molecular weight is 395 g/mol. The first kappa shape index (κ1) is 19.1. The van der Waals surface area contributed by atoms with E-state index >= 15 is 0 Å². The summed E-state index contributed by atoms with van der Waals surface area (Å²) in [5.41, 5.74) is 10.4. The van der Waals surface area contributed by atoms with Crippen molar-refractivity contribution in [2.24, 2.45) is 5.73 Å². The second-order valence-electron chi connectivity index (χ2n) is 7.17. The first-order valence-corrected chi connectivity index (χ1v) is 9.39. The van der Waals surface area contributed by atoms with Gasteiger partial charge in [-0.25, -0.2) is 0 Å². The Morgan fingerprint density at radius 3 is 2.62 bits per heavy atom. The van der Waals surface area contributed by atoms with Crippen molar-refractivity contribution in [3.05, 3.63) is 58.7 Å². The van der Waals surface area contributed by atoms with E-state index in [2.05, 4.69) is 20.8 Å². The Kier molecular flexibility index (Phi) is 5.04. The zero-order valence-corrected chi connectivity index (χ0v) is 16.6. The molecule has 0 amide bonds. The Morgan fingerprint density at radius 2 is 1.97 bits per heavy atom. The van der Waals surface area contributed by atoms with Crippen LogP contribution in [0.4, 0.5) is 17.3 Å². The molecule has 0 bridgehead atoms. The summed E-state index contributed by atoms with van der Waals surface area (Å²) >= 11 is 0. The molecule has 1 aliphatic heterocycles. The lowest BCUT2D eigenvalue weighted by atomic mass is 10.1. The van der Waals surface area contributed by atoms with Gasteiger partial charge >= 0.3 is 0 Å². The van der Waals surface area contributed by atoms with Crippen LogP contribution in [0.25, 0.3) is 0 Å². The average Bonchev–Trinajstić information content (AvgIpc) is 3.29. The maximum atomic E-state index is 9.97. The van der Waals surface area contributed by atoms with Gasteiger partial charge in [-0.15, -0.1) is 0 Å². The van der Waals surface area contributed by atoms with Gasteiger partial charge in [0.1, 0.15) is 29.6 Å². The molecule has 0 saturated carbocycles. The molecular weight excluding hydrogens is 370 g/mol. The number of benzene rings is 2. The van der Waals surface area contributed by atoms with Gasteiger partial charge in [0.05, 0.1) is 12.7 Å². The number of aromatic amines is 1. The summed E-state index contributed by atoms with van der Waals surface area (Å²) in [6, 6.07) is 11.5. The van der Waals surface area contributed by atoms with E-state index < -0.39 is 0 Å². The van der Waals surface area contributed by atoms with Gasteiger partial charge in [0.2, 0.25) is 0 Å². The third-order valence-electron chi connectivity index (χ3n) is 4.96. The number of hydrogen-bond donors (Lipinski definition) is 5. The Balaban J connectivity index is 1.56. The number of aromatic hydroxyl groups is 1. The first-order valence-electron chi connectivity index (χ1n) is 9.39. The molecule has 8 heteroatoms. The third-order valence-corrected chi connectivity index (χ3v) is 4.96. The molecule has 6 N–H and O–H groups in total. The molecule has 2 atom stereocenters. The van der Waals surface area contributed by atoms with Crippen LogP contribution in [0.2, 0.25) is 0 Å². The quantitative estimate of drug-likeness (QED) is 0.389. The number of phenols is 1. The molecule has 2 heterocycles. The lowest BCUT2D eigenvalue weighted by molar-refractivity contribution is 0.378. The van der Waals surface area contributed by atoms with Crippen LogP contribution in [0.1, 0.15) is 28.4 Å². The molecule has 3 aromatic rings. The maximum Gasteiger partial charge on any atom is 0.156 e. The highest BCUT2D eigenvalue weighted by Crippen LogP contribution is 2.43. The summed E-state index contributed by atoms with van der Waals surface area (Å²) in [5, 5.41) is 24.1. The van der Waals surface area contributed by atoms with Crippen molar-refractivity contribution in [1.82, 2.24) is 10.2 Å². The minimum atomic E-state index is -0.350. The number of H-pyrrole nitrogens is 1. The SMILES string of the molecule is COc1cccc(Nc2[nH]nc(NCc3cc(C)c(O)c(C)c3)c2C2OC2N)c1. The van der Waals surface area contributed by atoms with Gasteiger partial charge in [-0.3, -0.25) is 5.10 Å². The molecule has 4 rings (SSSR count). The van der Waals surface area contributed by atoms with Crippen LogP contribution < -0.4 is 21.1 Å². The number of aryl methyl sites for hydroxylation is 2. The molecule has 1 saturated heterocycles. The molecule has 29 heavy (non-hydrogen) atoms. The van der Waals surface area contributed by atoms with Crippen LogP contribution in [0.15, 0.2) is 36.4 Å². The van der Waals surface area contributed by atoms with Crippen molar-refractivity contribution in [2.75, 3.05) is 17.7 Å². The van der Waals surface area contributed by atoms with E-state index in [1.165, 1.54) is 0 Å². The number of rotatable bonds is 7. The number of nitrogens with one attached hydrogen (secondary N) is 3. The van der Waals surface area contributed by atoms with E-state index in [1.54, 1.807) is 7.11 Å². The van der Waals surface area contributed by atoms with E-state index in [4.69, 9.17) is 15.2 Å². The highest BCUT2D eigenvalue weighted by atomic mass is 16.6. The van der Waals surface area contributed by atoms with E-state index in [9.17, 15) is 5.11 Å². The van der Waals surface area contributed by atoms with Crippen molar-refractivity contribution < 1.29 is 14.6 Å². The number of methoxy groups -OCH3 is 1. The van der Waals surface area contributed by atoms with Crippen LogP contribution in [0.3, 0.4) is 0 Å². The second-order valence-corrected chi connectivity index (χ2v) is 7.17. The van der Waals surface area contributed by atoms with Crippen molar-refractivity contribution >= 4 is 17.3 Å². The zero-order chi connectivity index (χ0) is 20.5. The predicted octanol–water partition coefficient (Wildman–Crippen LogP) is 3.45. The molecule has 0 spiro atoms. The van der Waals surface area contributed by atoms with Crippen molar-refractivity contribution in [3.8, 4) is 11.5 Å². The summed E-state index contributed by atoms with van der Waals surface area (Å²) < 4.78 is 10.8. The molecule has 1 aromatic heterocycles. The van der Waals surface area contributed by atoms with E-state index in [0.717, 1.165) is 39.5 Å². The highest BCUT2D eigenvalue weighted by molar-refractivity contribution is 5.68. The number of nitrogens with two attached hydrogens (primary N) is 1. The molecule has 2 unspecified atom stereocenters. The molecular formula is C21H25N5O3. The summed E-state index contributed by atoms with van der Waals surface area (Å²) in [4.78, 5) is 0. The van der Waals surface area contributed by atoms with Crippen LogP contribution >= 0.6 is 0 Å². The number of anilines is 3. The Hall–Kier alpha value is -3.23. The third kappa shape index (κ3) is 3.98. The smallest absolute Gasteiger partial charge is 0.156 e. The molecule has 2 aromatic carbocycles. The number of phenolic OH excluding ortho intramolecular Hbond substituents is 1. The largest absolute Gasteiger partial charge is 0.507 e. The van der Waals surface area contributed by atoms with Gasteiger partial charge in [-0.1, -0.05) is 18.2 Å². The van der Waals surface area contributed by atoms with E-state index in [0.29, 0.717) is 18.1 Å². The minimum absolute atomic E-state index is 0.229. The Labute approximate surface area is 169 Å². The number of hydrogen-bond acceptors (Lipinski definition) is 7. The lowest BCUT2D eigenvalue weighted by Gasteiger charge is -2.11. The zero-order valence-electron chi connectivity index (χ0n) is 16.6. The van der Waals surface area contributed by atoms with Gasteiger partial charge in [-0.05, 0) is 42.7 Å². The normalized spacial score (nSPS) is 17.8. The summed E-state index contributed by atoms with van der Waals surface area (Å²) in [6.45, 7) is 4.33. The van der Waals surface area contributed by atoms with Gasteiger partial charge in [-0.2, -0.15) is 5.10 Å². The van der Waals surface area contributed by atoms with Crippen LogP contribution in [0.5, 0.6) is 11.5 Å². The minimum Gasteiger partial charge on any atom is -0.507 e. The van der Waals surface area contributed by atoms with Gasteiger partial charge in [0.25, 0.3) is 0 Å². The Morgan fingerprint density at radius 1 is 1.24 bits per heavy atom. The van der Waals surface area contributed by atoms with Crippen LogP contribution in [0, 0.1) is 13.8 Å². The summed E-state index contributed by atoms with van der Waals surface area (Å²) in [7, 11) is 1.63. The molecule has 8 nitrogen and oxygen atoms in total. The summed E-state index contributed by atoms with van der Waals surface area (Å²) in [6.07, 6.45) is -0.579. The van der Waals surface area contributed by atoms with E-state index in [1.807, 2.05) is 50.2 Å². The fraction of sp³-hybridized carbons (Fsp3) is 0.286. The highest BCUT2D eigenvalue weighted by Gasteiger charge is 2.42. The molecule has 152 valence electrons. The molecule has 1 aliphatic rings. The maximum absolute atomic E-state index is 9.97. The number of ether oxygens (including phenoxy) is 2. The molecule has 0 radical (unpaired) electrons. The first-order chi connectivity index (χ1) is 14.0. The topological polar surface area (TPSA) is 121 Å². The lowest BCUT2D eigenvalue weighted by Crippen LogP contribution is -2.06. The van der Waals surface area contributed by atoms with Crippen molar-refractivity contribution in [2.45, 2.75) is 32.7 Å². The summed E-state index contributed by atoms with van der Waals surface area (Å²) in [5.74, 6) is 2.48. The fourth-order valence-corrected chi connectivity index (χ4v) is 3.39. The van der Waals surface area contributed by atoms with Crippen molar-refractivity contribution in [3.63, 3.8) is 0 Å². The Bertz CT molecular complexity index is 1010. The van der Waals surface area contributed by atoms with Crippen molar-refractivity contribution in [1.29, 1.82) is 0 Å². The monoisotopic (exact) mass is 395 g/mol. The van der Waals surface area contributed by atoms with Gasteiger partial charge in [0, 0.05) is 18.3 Å². The predicted molar refractivity (Wildman–Crippen MR) is 112 cm³/mol. The number of nitrogens with zero attached hydrogens (tertiary/aromatic N) is 1. The second kappa shape index (κ2) is 7.65. The van der Waals surface area contributed by atoms with Crippen LogP contribution in [-0.2, 0) is 11.3 Å². The van der Waals surface area contributed by atoms with Gasteiger partial charge < -0.3 is 30.9 Å². The van der Waals surface area contributed by atoms with Gasteiger partial charge in [0.15, 0.2) is 5.82 Å². The van der Waals surface area contributed by atoms with E-state index in [-0.39, 0.29) is 12.3 Å². The fourth-order valence-electron chi connectivity index (χ4n) is 3.39. The molecule has 1 fully saturated rings. The number of aromatic nitrogens is 2. The van der Waals surface area contributed by atoms with Crippen LogP contribution in [-0.4, -0.2) is 28.6 Å².